The first-order valence-corrected chi connectivity index (χ1v) is 8.98. The Balaban J connectivity index is 1.51. The van der Waals surface area contributed by atoms with E-state index < -0.39 is 0 Å². The third-order valence-corrected chi connectivity index (χ3v) is 5.15. The Morgan fingerprint density at radius 2 is 1.76 bits per heavy atom. The number of imide groups is 1. The Morgan fingerprint density at radius 3 is 2.40 bits per heavy atom. The van der Waals surface area contributed by atoms with E-state index in [4.69, 9.17) is 23.2 Å². The van der Waals surface area contributed by atoms with Gasteiger partial charge in [0.1, 0.15) is 0 Å². The molecule has 7 heteroatoms. The van der Waals surface area contributed by atoms with Crippen LogP contribution in [-0.2, 0) is 14.4 Å². The fourth-order valence-electron chi connectivity index (χ4n) is 3.29. The van der Waals surface area contributed by atoms with Crippen molar-refractivity contribution < 1.29 is 14.4 Å². The standard InChI is InChI=1S/C18H18Cl2N2O3/c19-11-7-8-14(20)15(10-11)21-16(23)6-3-9-22-17(24)12-4-1-2-5-13(12)18(22)25/h1-2,7-8,10,12-13H,3-6,9H2,(H,21,23)/t12-,13-/m0/s1. The highest BCUT2D eigenvalue weighted by atomic mass is 35.5. The molecule has 1 aromatic rings. The molecule has 0 spiro atoms. The summed E-state index contributed by atoms with van der Waals surface area (Å²) >= 11 is 11.9. The number of allylic oxidation sites excluding steroid dienone is 2. The Labute approximate surface area is 156 Å². The number of carbonyl (C=O) groups is 3. The number of nitrogens with zero attached hydrogens (tertiary/aromatic N) is 1. The van der Waals surface area contributed by atoms with Gasteiger partial charge in [-0.3, -0.25) is 19.3 Å². The number of rotatable bonds is 5. The maximum absolute atomic E-state index is 12.3. The zero-order chi connectivity index (χ0) is 18.0. The van der Waals surface area contributed by atoms with Crippen LogP contribution in [0.1, 0.15) is 25.7 Å². The first kappa shape index (κ1) is 18.0. The SMILES string of the molecule is O=C(CCCN1C(=O)[C@H]2CC=CC[C@@H]2C1=O)Nc1cc(Cl)ccc1Cl. The summed E-state index contributed by atoms with van der Waals surface area (Å²) in [7, 11) is 0. The molecule has 1 N–H and O–H groups in total. The number of anilines is 1. The summed E-state index contributed by atoms with van der Waals surface area (Å²) in [6, 6.07) is 4.82. The summed E-state index contributed by atoms with van der Waals surface area (Å²) in [6.07, 6.45) is 5.76. The van der Waals surface area contributed by atoms with E-state index in [9.17, 15) is 14.4 Å². The van der Waals surface area contributed by atoms with E-state index in [1.54, 1.807) is 18.2 Å². The minimum atomic E-state index is -0.234. The van der Waals surface area contributed by atoms with Crippen molar-refractivity contribution in [3.05, 3.63) is 40.4 Å². The highest BCUT2D eigenvalue weighted by Gasteiger charge is 2.46. The molecule has 5 nitrogen and oxygen atoms in total. The predicted octanol–water partition coefficient (Wildman–Crippen LogP) is 3.66. The van der Waals surface area contributed by atoms with Crippen molar-refractivity contribution in [1.82, 2.24) is 4.90 Å². The monoisotopic (exact) mass is 380 g/mol. The average Bonchev–Trinajstić information content (AvgIpc) is 2.83. The van der Waals surface area contributed by atoms with Crippen molar-refractivity contribution in [3.63, 3.8) is 0 Å². The van der Waals surface area contributed by atoms with Crippen molar-refractivity contribution in [2.75, 3.05) is 11.9 Å². The smallest absolute Gasteiger partial charge is 0.233 e. The number of nitrogens with one attached hydrogen (secondary N) is 1. The van der Waals surface area contributed by atoms with Crippen LogP contribution in [0.3, 0.4) is 0 Å². The van der Waals surface area contributed by atoms with Gasteiger partial charge in [-0.2, -0.15) is 0 Å². The normalized spacial score (nSPS) is 22.2. The van der Waals surface area contributed by atoms with Gasteiger partial charge in [-0.25, -0.2) is 0 Å². The van der Waals surface area contributed by atoms with Crippen LogP contribution >= 0.6 is 23.2 Å². The summed E-state index contributed by atoms with van der Waals surface area (Å²) in [4.78, 5) is 38.0. The fraction of sp³-hybridized carbons (Fsp3) is 0.389. The zero-order valence-corrected chi connectivity index (χ0v) is 15.0. The molecule has 0 saturated carbocycles. The Hall–Kier alpha value is -1.85. The topological polar surface area (TPSA) is 66.5 Å². The number of benzene rings is 1. The van der Waals surface area contributed by atoms with E-state index in [2.05, 4.69) is 5.32 Å². The molecule has 25 heavy (non-hydrogen) atoms. The van der Waals surface area contributed by atoms with Crippen molar-refractivity contribution in [2.45, 2.75) is 25.7 Å². The van der Waals surface area contributed by atoms with E-state index in [1.165, 1.54) is 4.90 Å². The number of amides is 3. The van der Waals surface area contributed by atoms with Crippen molar-refractivity contribution >= 4 is 46.6 Å². The van der Waals surface area contributed by atoms with Gasteiger partial charge in [-0.1, -0.05) is 35.4 Å². The van der Waals surface area contributed by atoms with Crippen molar-refractivity contribution in [1.29, 1.82) is 0 Å². The number of carbonyl (C=O) groups excluding carboxylic acids is 3. The second-order valence-corrected chi connectivity index (χ2v) is 7.10. The maximum atomic E-state index is 12.3. The molecule has 2 aliphatic rings. The molecule has 132 valence electrons. The van der Waals surface area contributed by atoms with E-state index in [-0.39, 0.29) is 42.5 Å². The summed E-state index contributed by atoms with van der Waals surface area (Å²) in [5.74, 6) is -0.911. The second kappa shape index (κ2) is 7.58. The van der Waals surface area contributed by atoms with Gasteiger partial charge in [-0.15, -0.1) is 0 Å². The third-order valence-electron chi connectivity index (χ3n) is 4.59. The summed E-state index contributed by atoms with van der Waals surface area (Å²) in [6.45, 7) is 0.265. The molecule has 1 fully saturated rings. The highest BCUT2D eigenvalue weighted by Crippen LogP contribution is 2.35. The van der Waals surface area contributed by atoms with Crippen LogP contribution in [0.2, 0.25) is 10.0 Å². The summed E-state index contributed by atoms with van der Waals surface area (Å²) in [5.41, 5.74) is 0.449. The molecule has 1 aliphatic heterocycles. The van der Waals surface area contributed by atoms with Crippen molar-refractivity contribution in [2.24, 2.45) is 11.8 Å². The third kappa shape index (κ3) is 3.88. The van der Waals surface area contributed by atoms with Gasteiger partial charge < -0.3 is 5.32 Å². The molecule has 0 radical (unpaired) electrons. The average molecular weight is 381 g/mol. The first-order chi connectivity index (χ1) is 12.0. The number of fused-ring (bicyclic) bond motifs is 1. The summed E-state index contributed by atoms with van der Waals surface area (Å²) in [5, 5.41) is 3.57. The van der Waals surface area contributed by atoms with Crippen LogP contribution in [0.25, 0.3) is 0 Å². The lowest BCUT2D eigenvalue weighted by molar-refractivity contribution is -0.140. The lowest BCUT2D eigenvalue weighted by atomic mass is 9.85. The molecular formula is C18H18Cl2N2O3. The highest BCUT2D eigenvalue weighted by molar-refractivity contribution is 6.35. The number of likely N-dealkylation sites (tertiary alicyclic amines) is 1. The van der Waals surface area contributed by atoms with Gasteiger partial charge in [0.05, 0.1) is 22.5 Å². The van der Waals surface area contributed by atoms with Crippen molar-refractivity contribution in [3.8, 4) is 0 Å². The van der Waals surface area contributed by atoms with Gasteiger partial charge in [0, 0.05) is 18.0 Å². The molecular weight excluding hydrogens is 363 g/mol. The fourth-order valence-corrected chi connectivity index (χ4v) is 3.63. The lowest BCUT2D eigenvalue weighted by Gasteiger charge is -2.14. The van der Waals surface area contributed by atoms with E-state index in [0.29, 0.717) is 35.0 Å². The quantitative estimate of drug-likeness (QED) is 0.625. The molecule has 3 amide bonds. The number of halogens is 2. The number of hydrogen-bond donors (Lipinski definition) is 1. The lowest BCUT2D eigenvalue weighted by Crippen LogP contribution is -2.32. The molecule has 1 aliphatic carbocycles. The van der Waals surface area contributed by atoms with Gasteiger partial charge >= 0.3 is 0 Å². The minimum absolute atomic E-state index is 0.113. The van der Waals surface area contributed by atoms with Crippen LogP contribution < -0.4 is 5.32 Å². The molecule has 0 bridgehead atoms. The second-order valence-electron chi connectivity index (χ2n) is 6.26. The molecule has 1 aromatic carbocycles. The summed E-state index contributed by atoms with van der Waals surface area (Å²) < 4.78 is 0. The van der Waals surface area contributed by atoms with Crippen LogP contribution in [0, 0.1) is 11.8 Å². The minimum Gasteiger partial charge on any atom is -0.325 e. The van der Waals surface area contributed by atoms with E-state index >= 15 is 0 Å². The Bertz CT molecular complexity index is 722. The van der Waals surface area contributed by atoms with Crippen LogP contribution in [-0.4, -0.2) is 29.2 Å². The number of hydrogen-bond acceptors (Lipinski definition) is 3. The Morgan fingerprint density at radius 1 is 1.12 bits per heavy atom. The maximum Gasteiger partial charge on any atom is 0.233 e. The molecule has 0 aromatic heterocycles. The Kier molecular flexibility index (Phi) is 5.45. The molecule has 2 atom stereocenters. The van der Waals surface area contributed by atoms with Gasteiger partial charge in [0.2, 0.25) is 17.7 Å². The largest absolute Gasteiger partial charge is 0.325 e. The van der Waals surface area contributed by atoms with Gasteiger partial charge in [0.25, 0.3) is 0 Å². The molecule has 0 unspecified atom stereocenters. The van der Waals surface area contributed by atoms with Gasteiger partial charge in [-0.05, 0) is 37.5 Å². The molecule has 3 rings (SSSR count). The molecule has 1 saturated heterocycles. The van der Waals surface area contributed by atoms with Crippen LogP contribution in [0.15, 0.2) is 30.4 Å². The zero-order valence-electron chi connectivity index (χ0n) is 13.5. The van der Waals surface area contributed by atoms with Crippen LogP contribution in [0.4, 0.5) is 5.69 Å². The predicted molar refractivity (Wildman–Crippen MR) is 96.4 cm³/mol. The van der Waals surface area contributed by atoms with E-state index in [0.717, 1.165) is 0 Å². The molecule has 1 heterocycles. The first-order valence-electron chi connectivity index (χ1n) is 8.22. The van der Waals surface area contributed by atoms with Crippen LogP contribution in [0.5, 0.6) is 0 Å². The van der Waals surface area contributed by atoms with Gasteiger partial charge in [0.15, 0.2) is 0 Å². The van der Waals surface area contributed by atoms with E-state index in [1.807, 2.05) is 12.2 Å².